The van der Waals surface area contributed by atoms with E-state index in [0.29, 0.717) is 5.41 Å². The minimum absolute atomic E-state index is 0.459. The number of rotatable bonds is 2. The van der Waals surface area contributed by atoms with E-state index in [1.54, 1.807) is 5.57 Å². The standard InChI is InChI=1S/C12H23N/c1-5-13-8-6-11(7-9-13)10-12(2,3)4/h6H,5,7-10H2,1-4H3. The molecule has 1 nitrogen and oxygen atoms in total. The summed E-state index contributed by atoms with van der Waals surface area (Å²) in [5.41, 5.74) is 2.12. The Morgan fingerprint density at radius 1 is 1.38 bits per heavy atom. The van der Waals surface area contributed by atoms with E-state index >= 15 is 0 Å². The molecule has 0 fully saturated rings. The predicted octanol–water partition coefficient (Wildman–Crippen LogP) is 3.07. The minimum Gasteiger partial charge on any atom is -0.300 e. The van der Waals surface area contributed by atoms with E-state index in [1.807, 2.05) is 0 Å². The predicted molar refractivity (Wildman–Crippen MR) is 58.9 cm³/mol. The van der Waals surface area contributed by atoms with Crippen LogP contribution in [-0.4, -0.2) is 24.5 Å². The fraction of sp³-hybridized carbons (Fsp3) is 0.833. The second kappa shape index (κ2) is 4.28. The van der Waals surface area contributed by atoms with Crippen LogP contribution in [0.2, 0.25) is 0 Å². The maximum atomic E-state index is 2.49. The first-order chi connectivity index (χ1) is 6.01. The summed E-state index contributed by atoms with van der Waals surface area (Å²) < 4.78 is 0. The van der Waals surface area contributed by atoms with Crippen LogP contribution >= 0.6 is 0 Å². The van der Waals surface area contributed by atoms with Crippen LogP contribution in [0.5, 0.6) is 0 Å². The molecule has 1 aliphatic heterocycles. The Kier molecular flexibility index (Phi) is 3.55. The molecule has 13 heavy (non-hydrogen) atoms. The van der Waals surface area contributed by atoms with Crippen LogP contribution in [0.15, 0.2) is 11.6 Å². The Hall–Kier alpha value is -0.300. The average molecular weight is 181 g/mol. The van der Waals surface area contributed by atoms with E-state index < -0.39 is 0 Å². The molecule has 0 aliphatic carbocycles. The zero-order chi connectivity index (χ0) is 9.90. The van der Waals surface area contributed by atoms with Gasteiger partial charge in [0.1, 0.15) is 0 Å². The highest BCUT2D eigenvalue weighted by Crippen LogP contribution is 2.27. The Labute approximate surface area is 82.8 Å². The van der Waals surface area contributed by atoms with Crippen LogP contribution in [0, 0.1) is 5.41 Å². The van der Waals surface area contributed by atoms with Crippen LogP contribution in [-0.2, 0) is 0 Å². The van der Waals surface area contributed by atoms with Crippen molar-refractivity contribution in [1.82, 2.24) is 4.90 Å². The number of nitrogens with zero attached hydrogens (tertiary/aromatic N) is 1. The maximum absolute atomic E-state index is 2.49. The molecule has 0 bridgehead atoms. The second-order valence-corrected chi connectivity index (χ2v) is 5.24. The van der Waals surface area contributed by atoms with Gasteiger partial charge < -0.3 is 0 Å². The van der Waals surface area contributed by atoms with E-state index in [9.17, 15) is 0 Å². The molecule has 1 aliphatic rings. The van der Waals surface area contributed by atoms with E-state index in [1.165, 1.54) is 32.5 Å². The van der Waals surface area contributed by atoms with Gasteiger partial charge in [0.15, 0.2) is 0 Å². The molecule has 0 aromatic rings. The summed E-state index contributed by atoms with van der Waals surface area (Å²) in [4.78, 5) is 2.49. The molecule has 0 aromatic heterocycles. The Morgan fingerprint density at radius 2 is 2.08 bits per heavy atom. The van der Waals surface area contributed by atoms with E-state index in [-0.39, 0.29) is 0 Å². The van der Waals surface area contributed by atoms with Crippen molar-refractivity contribution in [2.75, 3.05) is 19.6 Å². The lowest BCUT2D eigenvalue weighted by atomic mass is 9.86. The molecule has 1 heteroatoms. The molecule has 0 unspecified atom stereocenters. The van der Waals surface area contributed by atoms with Gasteiger partial charge in [-0.3, -0.25) is 4.90 Å². The zero-order valence-corrected chi connectivity index (χ0v) is 9.56. The molecule has 1 rings (SSSR count). The summed E-state index contributed by atoms with van der Waals surface area (Å²) >= 11 is 0. The molecular weight excluding hydrogens is 158 g/mol. The van der Waals surface area contributed by atoms with Crippen molar-refractivity contribution < 1.29 is 0 Å². The number of hydrogen-bond acceptors (Lipinski definition) is 1. The molecule has 76 valence electrons. The monoisotopic (exact) mass is 181 g/mol. The average Bonchev–Trinajstić information content (AvgIpc) is 2.03. The first kappa shape index (κ1) is 10.8. The zero-order valence-electron chi connectivity index (χ0n) is 9.56. The smallest absolute Gasteiger partial charge is 0.0165 e. The van der Waals surface area contributed by atoms with Crippen LogP contribution in [0.1, 0.15) is 40.5 Å². The molecule has 1 heterocycles. The van der Waals surface area contributed by atoms with Crippen molar-refractivity contribution >= 4 is 0 Å². The quantitative estimate of drug-likeness (QED) is 0.592. The van der Waals surface area contributed by atoms with Gasteiger partial charge in [0.05, 0.1) is 0 Å². The highest BCUT2D eigenvalue weighted by atomic mass is 15.1. The molecular formula is C12H23N. The van der Waals surface area contributed by atoms with Gasteiger partial charge >= 0.3 is 0 Å². The van der Waals surface area contributed by atoms with Crippen molar-refractivity contribution in [3.8, 4) is 0 Å². The SMILES string of the molecule is CCN1CC=C(CC(C)(C)C)CC1. The van der Waals surface area contributed by atoms with Gasteiger partial charge in [-0.1, -0.05) is 39.3 Å². The minimum atomic E-state index is 0.459. The molecule has 0 N–H and O–H groups in total. The molecule has 0 saturated carbocycles. The van der Waals surface area contributed by atoms with Gasteiger partial charge in [-0.25, -0.2) is 0 Å². The molecule has 0 saturated heterocycles. The summed E-state index contributed by atoms with van der Waals surface area (Å²) in [6, 6.07) is 0. The van der Waals surface area contributed by atoms with Crippen molar-refractivity contribution in [3.63, 3.8) is 0 Å². The molecule has 0 radical (unpaired) electrons. The number of likely N-dealkylation sites (N-methyl/N-ethyl adjacent to an activating group) is 1. The van der Waals surface area contributed by atoms with Crippen molar-refractivity contribution in [2.24, 2.45) is 5.41 Å². The van der Waals surface area contributed by atoms with Gasteiger partial charge in [-0.15, -0.1) is 0 Å². The van der Waals surface area contributed by atoms with Crippen molar-refractivity contribution in [1.29, 1.82) is 0 Å². The molecule has 0 spiro atoms. The van der Waals surface area contributed by atoms with Crippen LogP contribution in [0.4, 0.5) is 0 Å². The van der Waals surface area contributed by atoms with Crippen LogP contribution in [0.25, 0.3) is 0 Å². The van der Waals surface area contributed by atoms with Crippen LogP contribution < -0.4 is 0 Å². The second-order valence-electron chi connectivity index (χ2n) is 5.24. The summed E-state index contributed by atoms with van der Waals surface area (Å²) in [6.45, 7) is 12.8. The Balaban J connectivity index is 2.42. The van der Waals surface area contributed by atoms with Crippen molar-refractivity contribution in [2.45, 2.75) is 40.5 Å². The summed E-state index contributed by atoms with van der Waals surface area (Å²) in [5.74, 6) is 0. The maximum Gasteiger partial charge on any atom is 0.0165 e. The largest absolute Gasteiger partial charge is 0.300 e. The third-order valence-corrected chi connectivity index (χ3v) is 2.59. The fourth-order valence-corrected chi connectivity index (χ4v) is 1.88. The fourth-order valence-electron chi connectivity index (χ4n) is 1.88. The topological polar surface area (TPSA) is 3.24 Å². The molecule has 0 amide bonds. The van der Waals surface area contributed by atoms with Gasteiger partial charge in [0, 0.05) is 13.1 Å². The molecule has 0 aromatic carbocycles. The highest BCUT2D eigenvalue weighted by molar-refractivity contribution is 5.09. The van der Waals surface area contributed by atoms with Gasteiger partial charge in [0.25, 0.3) is 0 Å². The van der Waals surface area contributed by atoms with Crippen LogP contribution in [0.3, 0.4) is 0 Å². The summed E-state index contributed by atoms with van der Waals surface area (Å²) in [5, 5.41) is 0. The van der Waals surface area contributed by atoms with Crippen molar-refractivity contribution in [3.05, 3.63) is 11.6 Å². The van der Waals surface area contributed by atoms with E-state index in [0.717, 1.165) is 0 Å². The van der Waals surface area contributed by atoms with E-state index in [2.05, 4.69) is 38.7 Å². The van der Waals surface area contributed by atoms with Gasteiger partial charge in [-0.2, -0.15) is 0 Å². The first-order valence-corrected chi connectivity index (χ1v) is 5.41. The lowest BCUT2D eigenvalue weighted by Crippen LogP contribution is -2.29. The Morgan fingerprint density at radius 3 is 2.46 bits per heavy atom. The lowest BCUT2D eigenvalue weighted by molar-refractivity contribution is 0.298. The third kappa shape index (κ3) is 3.95. The highest BCUT2D eigenvalue weighted by Gasteiger charge is 2.16. The van der Waals surface area contributed by atoms with E-state index in [4.69, 9.17) is 0 Å². The Bertz CT molecular complexity index is 186. The third-order valence-electron chi connectivity index (χ3n) is 2.59. The number of hydrogen-bond donors (Lipinski definition) is 0. The summed E-state index contributed by atoms with van der Waals surface area (Å²) in [6.07, 6.45) is 4.98. The lowest BCUT2D eigenvalue weighted by Gasteiger charge is -2.28. The normalized spacial score (nSPS) is 20.2. The first-order valence-electron chi connectivity index (χ1n) is 5.41. The molecule has 0 atom stereocenters. The van der Waals surface area contributed by atoms with Gasteiger partial charge in [0.2, 0.25) is 0 Å². The van der Waals surface area contributed by atoms with Gasteiger partial charge in [-0.05, 0) is 24.8 Å². The summed E-state index contributed by atoms with van der Waals surface area (Å²) in [7, 11) is 0.